The van der Waals surface area contributed by atoms with Crippen molar-refractivity contribution in [3.63, 3.8) is 0 Å². The van der Waals surface area contributed by atoms with Crippen LogP contribution in [-0.2, 0) is 25.0 Å². The van der Waals surface area contributed by atoms with Gasteiger partial charge in [0.05, 0.1) is 24.5 Å². The van der Waals surface area contributed by atoms with Crippen LogP contribution in [0.25, 0.3) is 0 Å². The van der Waals surface area contributed by atoms with Crippen molar-refractivity contribution in [2.45, 2.75) is 24.3 Å². The number of hydrogen-bond acceptors (Lipinski definition) is 5. The highest BCUT2D eigenvalue weighted by molar-refractivity contribution is 8.13. The van der Waals surface area contributed by atoms with E-state index in [0.29, 0.717) is 17.9 Å². The second-order valence-electron chi connectivity index (χ2n) is 4.44. The normalized spacial score (nSPS) is 12.8. The zero-order valence-corrected chi connectivity index (χ0v) is 13.6. The summed E-state index contributed by atoms with van der Waals surface area (Å²) in [5.74, 6) is 0.162. The SMILES string of the molecule is COc1ccc(S(=O)(=O)Cl)cc1CC(=O)NCC(C)OC. The molecule has 0 aromatic heterocycles. The molecule has 0 heterocycles. The quantitative estimate of drug-likeness (QED) is 0.760. The molecule has 0 spiro atoms. The predicted molar refractivity (Wildman–Crippen MR) is 79.2 cm³/mol. The molecule has 0 aliphatic carbocycles. The second kappa shape index (κ2) is 7.63. The van der Waals surface area contributed by atoms with E-state index in [1.54, 1.807) is 7.11 Å². The number of carbonyl (C=O) groups excluding carboxylic acids is 1. The Balaban J connectivity index is 2.88. The van der Waals surface area contributed by atoms with Crippen LogP contribution in [0, 0.1) is 0 Å². The topological polar surface area (TPSA) is 81.7 Å². The van der Waals surface area contributed by atoms with Crippen LogP contribution in [0.2, 0.25) is 0 Å². The smallest absolute Gasteiger partial charge is 0.261 e. The van der Waals surface area contributed by atoms with Gasteiger partial charge in [-0.2, -0.15) is 0 Å². The van der Waals surface area contributed by atoms with Gasteiger partial charge in [-0.25, -0.2) is 8.42 Å². The van der Waals surface area contributed by atoms with Crippen molar-refractivity contribution >= 4 is 25.6 Å². The average molecular weight is 336 g/mol. The Morgan fingerprint density at radius 2 is 2.05 bits per heavy atom. The van der Waals surface area contributed by atoms with Crippen LogP contribution in [0.3, 0.4) is 0 Å². The van der Waals surface area contributed by atoms with Crippen molar-refractivity contribution in [3.05, 3.63) is 23.8 Å². The maximum Gasteiger partial charge on any atom is 0.261 e. The third-order valence-corrected chi connectivity index (χ3v) is 4.22. The summed E-state index contributed by atoms with van der Waals surface area (Å²) in [6.07, 6.45) is -0.120. The highest BCUT2D eigenvalue weighted by Crippen LogP contribution is 2.24. The first kappa shape index (κ1) is 17.7. The lowest BCUT2D eigenvalue weighted by molar-refractivity contribution is -0.120. The highest BCUT2D eigenvalue weighted by Gasteiger charge is 2.15. The van der Waals surface area contributed by atoms with Gasteiger partial charge in [0, 0.05) is 29.9 Å². The molecular weight excluding hydrogens is 318 g/mol. The summed E-state index contributed by atoms with van der Waals surface area (Å²) in [4.78, 5) is 11.8. The van der Waals surface area contributed by atoms with Gasteiger partial charge in [0.2, 0.25) is 5.91 Å². The maximum absolute atomic E-state index is 11.9. The van der Waals surface area contributed by atoms with Crippen molar-refractivity contribution in [1.82, 2.24) is 5.32 Å². The maximum atomic E-state index is 11.9. The summed E-state index contributed by atoms with van der Waals surface area (Å²) >= 11 is 0. The molecule has 1 N–H and O–H groups in total. The van der Waals surface area contributed by atoms with Gasteiger partial charge in [-0.15, -0.1) is 0 Å². The minimum absolute atomic E-state index is 0.0140. The van der Waals surface area contributed by atoms with Gasteiger partial charge in [0.15, 0.2) is 0 Å². The molecule has 1 rings (SSSR count). The zero-order chi connectivity index (χ0) is 16.0. The van der Waals surface area contributed by atoms with Crippen LogP contribution >= 0.6 is 10.7 Å². The van der Waals surface area contributed by atoms with Gasteiger partial charge >= 0.3 is 0 Å². The number of nitrogens with one attached hydrogen (secondary N) is 1. The number of methoxy groups -OCH3 is 2. The van der Waals surface area contributed by atoms with Crippen molar-refractivity contribution in [2.75, 3.05) is 20.8 Å². The lowest BCUT2D eigenvalue weighted by atomic mass is 10.1. The standard InChI is InChI=1S/C13H18ClNO5S/c1-9(19-2)8-15-13(16)7-10-6-11(21(14,17)18)4-5-12(10)20-3/h4-6,9H,7-8H2,1-3H3,(H,15,16). The van der Waals surface area contributed by atoms with E-state index in [0.717, 1.165) is 0 Å². The number of halogens is 1. The van der Waals surface area contributed by atoms with Crippen LogP contribution in [0.15, 0.2) is 23.1 Å². The second-order valence-corrected chi connectivity index (χ2v) is 7.00. The van der Waals surface area contributed by atoms with Gasteiger partial charge in [-0.1, -0.05) is 0 Å². The van der Waals surface area contributed by atoms with Gasteiger partial charge in [-0.3, -0.25) is 4.79 Å². The molecule has 0 saturated carbocycles. The molecule has 118 valence electrons. The van der Waals surface area contributed by atoms with E-state index in [-0.39, 0.29) is 23.3 Å². The Bertz CT molecular complexity index is 603. The first-order valence-electron chi connectivity index (χ1n) is 6.19. The Hall–Kier alpha value is -1.31. The number of rotatable bonds is 7. The van der Waals surface area contributed by atoms with Gasteiger partial charge in [0.1, 0.15) is 5.75 Å². The minimum Gasteiger partial charge on any atom is -0.496 e. The van der Waals surface area contributed by atoms with E-state index in [9.17, 15) is 13.2 Å². The Labute approximate surface area is 128 Å². The summed E-state index contributed by atoms with van der Waals surface area (Å²) in [6, 6.07) is 4.13. The fourth-order valence-electron chi connectivity index (χ4n) is 1.62. The summed E-state index contributed by atoms with van der Waals surface area (Å²) in [5, 5.41) is 2.69. The minimum atomic E-state index is -3.85. The third-order valence-electron chi connectivity index (χ3n) is 2.87. The molecule has 6 nitrogen and oxygen atoms in total. The number of amides is 1. The molecule has 0 fully saturated rings. The van der Waals surface area contributed by atoms with E-state index in [1.807, 2.05) is 6.92 Å². The molecule has 8 heteroatoms. The molecule has 21 heavy (non-hydrogen) atoms. The molecule has 0 radical (unpaired) electrons. The lowest BCUT2D eigenvalue weighted by Crippen LogP contribution is -2.32. The van der Waals surface area contributed by atoms with E-state index in [2.05, 4.69) is 5.32 Å². The summed E-state index contributed by atoms with van der Waals surface area (Å²) in [6.45, 7) is 2.19. The van der Waals surface area contributed by atoms with Crippen LogP contribution in [0.4, 0.5) is 0 Å². The summed E-state index contributed by atoms with van der Waals surface area (Å²) in [5.41, 5.74) is 0.446. The fraction of sp³-hybridized carbons (Fsp3) is 0.462. The van der Waals surface area contributed by atoms with Crippen LogP contribution in [-0.4, -0.2) is 41.2 Å². The molecule has 1 aromatic carbocycles. The molecule has 0 saturated heterocycles. The van der Waals surface area contributed by atoms with Gasteiger partial charge < -0.3 is 14.8 Å². The van der Waals surface area contributed by atoms with Crippen LogP contribution in [0.1, 0.15) is 12.5 Å². The van der Waals surface area contributed by atoms with E-state index >= 15 is 0 Å². The molecule has 1 amide bonds. The molecule has 0 bridgehead atoms. The monoisotopic (exact) mass is 335 g/mol. The van der Waals surface area contributed by atoms with E-state index in [1.165, 1.54) is 25.3 Å². The van der Waals surface area contributed by atoms with Crippen LogP contribution < -0.4 is 10.1 Å². The Kier molecular flexibility index (Phi) is 6.44. The molecule has 0 aliphatic rings. The lowest BCUT2D eigenvalue weighted by Gasteiger charge is -2.12. The third kappa shape index (κ3) is 5.53. The summed E-state index contributed by atoms with van der Waals surface area (Å²) < 4.78 is 32.8. The first-order valence-corrected chi connectivity index (χ1v) is 8.50. The largest absolute Gasteiger partial charge is 0.496 e. The van der Waals surface area contributed by atoms with Crippen molar-refractivity contribution in [1.29, 1.82) is 0 Å². The van der Waals surface area contributed by atoms with Gasteiger partial charge in [-0.05, 0) is 25.1 Å². The molecule has 0 aliphatic heterocycles. The van der Waals surface area contributed by atoms with Gasteiger partial charge in [0.25, 0.3) is 9.05 Å². The highest BCUT2D eigenvalue weighted by atomic mass is 35.7. The fourth-order valence-corrected chi connectivity index (χ4v) is 2.42. The van der Waals surface area contributed by atoms with Crippen molar-refractivity contribution in [3.8, 4) is 5.75 Å². The molecule has 1 unspecified atom stereocenters. The first-order chi connectivity index (χ1) is 9.77. The van der Waals surface area contributed by atoms with Crippen molar-refractivity contribution < 1.29 is 22.7 Å². The van der Waals surface area contributed by atoms with E-state index < -0.39 is 9.05 Å². The average Bonchev–Trinajstić information content (AvgIpc) is 2.43. The van der Waals surface area contributed by atoms with E-state index in [4.69, 9.17) is 20.2 Å². The Morgan fingerprint density at radius 3 is 2.57 bits per heavy atom. The zero-order valence-electron chi connectivity index (χ0n) is 12.1. The molecular formula is C13H18ClNO5S. The number of hydrogen-bond donors (Lipinski definition) is 1. The number of carbonyl (C=O) groups is 1. The molecule has 1 atom stereocenters. The van der Waals surface area contributed by atoms with Crippen LogP contribution in [0.5, 0.6) is 5.75 Å². The molecule has 1 aromatic rings. The predicted octanol–water partition coefficient (Wildman–Crippen LogP) is 1.32. The van der Waals surface area contributed by atoms with Crippen molar-refractivity contribution in [2.24, 2.45) is 0 Å². The Morgan fingerprint density at radius 1 is 1.38 bits per heavy atom. The summed E-state index contributed by atoms with van der Waals surface area (Å²) in [7, 11) is 4.44. The number of ether oxygens (including phenoxy) is 2. The number of benzene rings is 1.